The molecule has 3 nitrogen and oxygen atoms in total. The Bertz CT molecular complexity index is 276. The van der Waals surface area contributed by atoms with Gasteiger partial charge >= 0.3 is 0 Å². The molecule has 0 unspecified atom stereocenters. The number of nitrogens with one attached hydrogen (secondary N) is 1. The third-order valence-electron chi connectivity index (χ3n) is 2.83. The van der Waals surface area contributed by atoms with Crippen LogP contribution in [-0.4, -0.2) is 16.1 Å². The summed E-state index contributed by atoms with van der Waals surface area (Å²) in [4.78, 5) is 4.27. The summed E-state index contributed by atoms with van der Waals surface area (Å²) < 4.78 is 2.14. The quantitative estimate of drug-likeness (QED) is 0.703. The van der Waals surface area contributed by atoms with E-state index in [2.05, 4.69) is 21.8 Å². The van der Waals surface area contributed by atoms with Gasteiger partial charge in [-0.25, -0.2) is 4.98 Å². The van der Waals surface area contributed by atoms with Crippen molar-refractivity contribution in [2.45, 2.75) is 39.2 Å². The van der Waals surface area contributed by atoms with Crippen LogP contribution in [0.5, 0.6) is 0 Å². The van der Waals surface area contributed by atoms with Crippen LogP contribution in [-0.2, 0) is 6.54 Å². The Hall–Kier alpha value is -0.990. The van der Waals surface area contributed by atoms with Crippen molar-refractivity contribution in [2.24, 2.45) is 5.92 Å². The van der Waals surface area contributed by atoms with Crippen LogP contribution in [0, 0.1) is 5.92 Å². The Morgan fingerprint density at radius 2 is 2.43 bits per heavy atom. The molecule has 1 aromatic heterocycles. The van der Waals surface area contributed by atoms with Crippen LogP contribution in [0.15, 0.2) is 12.4 Å². The molecule has 0 atom stereocenters. The maximum Gasteiger partial charge on any atom is 0.202 e. The Kier molecular flexibility index (Phi) is 3.07. The molecule has 0 aromatic carbocycles. The van der Waals surface area contributed by atoms with E-state index in [0.29, 0.717) is 0 Å². The summed E-state index contributed by atoms with van der Waals surface area (Å²) in [5, 5.41) is 3.38. The van der Waals surface area contributed by atoms with E-state index in [4.69, 9.17) is 0 Å². The number of aryl methyl sites for hydroxylation is 1. The van der Waals surface area contributed by atoms with Crippen molar-refractivity contribution in [1.82, 2.24) is 9.55 Å². The molecule has 0 bridgehead atoms. The van der Waals surface area contributed by atoms with E-state index in [1.54, 1.807) is 0 Å². The smallest absolute Gasteiger partial charge is 0.202 e. The van der Waals surface area contributed by atoms with Gasteiger partial charge in [0.15, 0.2) is 0 Å². The van der Waals surface area contributed by atoms with E-state index >= 15 is 0 Å². The summed E-state index contributed by atoms with van der Waals surface area (Å²) in [7, 11) is 0. The number of hydrogen-bond acceptors (Lipinski definition) is 2. The van der Waals surface area contributed by atoms with E-state index in [-0.39, 0.29) is 0 Å². The minimum absolute atomic E-state index is 0.991. The lowest BCUT2D eigenvalue weighted by Gasteiger charge is -2.06. The van der Waals surface area contributed by atoms with Crippen molar-refractivity contribution in [1.29, 1.82) is 0 Å². The predicted octanol–water partition coefficient (Wildman–Crippen LogP) is 2.51. The minimum atomic E-state index is 0.991. The molecule has 0 spiro atoms. The van der Waals surface area contributed by atoms with E-state index in [1.807, 2.05) is 12.4 Å². The molecule has 1 fully saturated rings. The van der Waals surface area contributed by atoms with Crippen LogP contribution in [0.3, 0.4) is 0 Å². The molecule has 2 rings (SSSR count). The molecule has 1 aliphatic rings. The molecule has 14 heavy (non-hydrogen) atoms. The second kappa shape index (κ2) is 4.49. The third kappa shape index (κ3) is 2.50. The average Bonchev–Trinajstić information content (AvgIpc) is 2.91. The Morgan fingerprint density at radius 3 is 3.14 bits per heavy atom. The fourth-order valence-corrected chi connectivity index (χ4v) is 1.73. The van der Waals surface area contributed by atoms with Gasteiger partial charge in [-0.15, -0.1) is 0 Å². The molecule has 1 aliphatic carbocycles. The second-order valence-electron chi connectivity index (χ2n) is 4.05. The number of hydrogen-bond donors (Lipinski definition) is 1. The van der Waals surface area contributed by atoms with E-state index in [0.717, 1.165) is 25.0 Å². The first-order valence-electron chi connectivity index (χ1n) is 5.65. The van der Waals surface area contributed by atoms with Crippen LogP contribution in [0.1, 0.15) is 32.6 Å². The van der Waals surface area contributed by atoms with E-state index in [9.17, 15) is 0 Å². The van der Waals surface area contributed by atoms with Crippen molar-refractivity contribution in [3.63, 3.8) is 0 Å². The predicted molar refractivity (Wildman–Crippen MR) is 58.3 cm³/mol. The highest BCUT2D eigenvalue weighted by Gasteiger charge is 2.19. The zero-order valence-corrected chi connectivity index (χ0v) is 8.87. The SMILES string of the molecule is CCn1ccnc1NCCCC1CC1. The highest BCUT2D eigenvalue weighted by Crippen LogP contribution is 2.33. The van der Waals surface area contributed by atoms with Gasteiger partial charge in [-0.3, -0.25) is 0 Å². The van der Waals surface area contributed by atoms with Crippen LogP contribution in [0.4, 0.5) is 5.95 Å². The average molecular weight is 193 g/mol. The van der Waals surface area contributed by atoms with Gasteiger partial charge in [-0.1, -0.05) is 12.8 Å². The molecule has 0 aliphatic heterocycles. The number of imidazole rings is 1. The number of anilines is 1. The summed E-state index contributed by atoms with van der Waals surface area (Å²) in [6, 6.07) is 0. The fourth-order valence-electron chi connectivity index (χ4n) is 1.73. The van der Waals surface area contributed by atoms with Crippen molar-refractivity contribution in [3.05, 3.63) is 12.4 Å². The molecular formula is C11H19N3. The van der Waals surface area contributed by atoms with Gasteiger partial charge < -0.3 is 9.88 Å². The molecule has 78 valence electrons. The zero-order chi connectivity index (χ0) is 9.80. The van der Waals surface area contributed by atoms with Crippen LogP contribution in [0.25, 0.3) is 0 Å². The normalized spacial score (nSPS) is 15.8. The van der Waals surface area contributed by atoms with Gasteiger partial charge in [0.05, 0.1) is 0 Å². The van der Waals surface area contributed by atoms with Crippen molar-refractivity contribution in [2.75, 3.05) is 11.9 Å². The van der Waals surface area contributed by atoms with Crippen LogP contribution in [0.2, 0.25) is 0 Å². The molecule has 1 saturated carbocycles. The van der Waals surface area contributed by atoms with E-state index in [1.165, 1.54) is 25.7 Å². The topological polar surface area (TPSA) is 29.9 Å². The van der Waals surface area contributed by atoms with E-state index < -0.39 is 0 Å². The van der Waals surface area contributed by atoms with Gasteiger partial charge in [0, 0.05) is 25.5 Å². The molecular weight excluding hydrogens is 174 g/mol. The van der Waals surface area contributed by atoms with Gasteiger partial charge in [-0.05, 0) is 25.7 Å². The van der Waals surface area contributed by atoms with Crippen molar-refractivity contribution >= 4 is 5.95 Å². The Morgan fingerprint density at radius 1 is 1.57 bits per heavy atom. The Balaban J connectivity index is 1.68. The first-order valence-corrected chi connectivity index (χ1v) is 5.65. The number of nitrogens with zero attached hydrogens (tertiary/aromatic N) is 2. The van der Waals surface area contributed by atoms with Gasteiger partial charge in [0.2, 0.25) is 5.95 Å². The Labute approximate surface area is 85.5 Å². The summed E-state index contributed by atoms with van der Waals surface area (Å²) in [5.74, 6) is 2.06. The number of rotatable bonds is 6. The molecule has 0 radical (unpaired) electrons. The third-order valence-corrected chi connectivity index (χ3v) is 2.83. The maximum atomic E-state index is 4.27. The highest BCUT2D eigenvalue weighted by molar-refractivity contribution is 5.25. The first kappa shape index (κ1) is 9.56. The van der Waals surface area contributed by atoms with Gasteiger partial charge in [0.1, 0.15) is 0 Å². The molecule has 1 aromatic rings. The second-order valence-corrected chi connectivity index (χ2v) is 4.05. The monoisotopic (exact) mass is 193 g/mol. The molecule has 0 saturated heterocycles. The minimum Gasteiger partial charge on any atom is -0.356 e. The highest BCUT2D eigenvalue weighted by atomic mass is 15.2. The standard InChI is InChI=1S/C11H19N3/c1-2-14-9-8-13-11(14)12-7-3-4-10-5-6-10/h8-10H,2-7H2,1H3,(H,12,13). The zero-order valence-electron chi connectivity index (χ0n) is 8.87. The molecule has 1 heterocycles. The lowest BCUT2D eigenvalue weighted by Crippen LogP contribution is -2.07. The molecule has 3 heteroatoms. The summed E-state index contributed by atoms with van der Waals surface area (Å²) >= 11 is 0. The summed E-state index contributed by atoms with van der Waals surface area (Å²) in [5.41, 5.74) is 0. The lowest BCUT2D eigenvalue weighted by molar-refractivity contribution is 0.679. The first-order chi connectivity index (χ1) is 6.90. The number of aromatic nitrogens is 2. The van der Waals surface area contributed by atoms with Gasteiger partial charge in [-0.2, -0.15) is 0 Å². The lowest BCUT2D eigenvalue weighted by atomic mass is 10.2. The van der Waals surface area contributed by atoms with Crippen molar-refractivity contribution < 1.29 is 0 Å². The largest absolute Gasteiger partial charge is 0.356 e. The van der Waals surface area contributed by atoms with Gasteiger partial charge in [0.25, 0.3) is 0 Å². The van der Waals surface area contributed by atoms with Crippen molar-refractivity contribution in [3.8, 4) is 0 Å². The van der Waals surface area contributed by atoms with Crippen LogP contribution >= 0.6 is 0 Å². The molecule has 0 amide bonds. The fraction of sp³-hybridized carbons (Fsp3) is 0.727. The summed E-state index contributed by atoms with van der Waals surface area (Å²) in [6.45, 7) is 4.19. The van der Waals surface area contributed by atoms with Crippen LogP contribution < -0.4 is 5.32 Å². The maximum absolute atomic E-state index is 4.27. The summed E-state index contributed by atoms with van der Waals surface area (Å²) in [6.07, 6.45) is 9.46. The molecule has 1 N–H and O–H groups in total.